The molecule has 0 amide bonds. The Morgan fingerprint density at radius 2 is 2.29 bits per heavy atom. The first-order chi connectivity index (χ1) is 3.45. The zero-order valence-electron chi connectivity index (χ0n) is 4.31. The summed E-state index contributed by atoms with van der Waals surface area (Å²) in [6, 6.07) is 0. The highest BCUT2D eigenvalue weighted by molar-refractivity contribution is 5.07. The lowest BCUT2D eigenvalue weighted by atomic mass is 9.78. The molecule has 0 atom stereocenters. The van der Waals surface area contributed by atoms with E-state index in [0.29, 0.717) is 6.10 Å². The monoisotopic (exact) mass is 97.1 g/mol. The molecule has 0 aromatic heterocycles. The molecule has 7 heavy (non-hydrogen) atoms. The number of hydrogen-bond acceptors (Lipinski definition) is 1. The molecule has 0 unspecified atom stereocenters. The fourth-order valence-corrected chi connectivity index (χ4v) is 1.28. The molecule has 1 nitrogen and oxygen atoms in total. The molecule has 39 valence electrons. The van der Waals surface area contributed by atoms with Gasteiger partial charge in [-0.15, -0.1) is 0 Å². The Bertz CT molecular complexity index is 60.7. The van der Waals surface area contributed by atoms with Crippen molar-refractivity contribution < 1.29 is 4.74 Å². The van der Waals surface area contributed by atoms with Gasteiger partial charge in [0.05, 0.1) is 6.10 Å². The van der Waals surface area contributed by atoms with Gasteiger partial charge in [0.15, 0.2) is 0 Å². The molecule has 2 bridgehead atoms. The Labute approximate surface area is 43.7 Å². The Kier molecular flexibility index (Phi) is 0.680. The fourth-order valence-electron chi connectivity index (χ4n) is 1.28. The SMILES string of the molecule is C1C[C]2CC(C2)O1. The number of fused-ring (bicyclic) bond motifs is 2. The average Bonchev–Trinajstić information content (AvgIpc) is 1.67. The van der Waals surface area contributed by atoms with Gasteiger partial charge in [-0.3, -0.25) is 0 Å². The molecule has 1 heteroatoms. The highest BCUT2D eigenvalue weighted by atomic mass is 16.5. The number of rotatable bonds is 0. The van der Waals surface area contributed by atoms with Crippen LogP contribution in [0.15, 0.2) is 0 Å². The summed E-state index contributed by atoms with van der Waals surface area (Å²) in [6.45, 7) is 1.00. The van der Waals surface area contributed by atoms with Crippen LogP contribution >= 0.6 is 0 Å². The molecular weight excluding hydrogens is 88.1 g/mol. The Balaban J connectivity index is 1.99. The molecule has 3 rings (SSSR count). The summed E-state index contributed by atoms with van der Waals surface area (Å²) >= 11 is 0. The van der Waals surface area contributed by atoms with E-state index in [1.807, 2.05) is 0 Å². The number of hydrogen-bond donors (Lipinski definition) is 0. The summed E-state index contributed by atoms with van der Waals surface area (Å²) in [5.41, 5.74) is 0. The van der Waals surface area contributed by atoms with Crippen molar-refractivity contribution in [2.75, 3.05) is 6.61 Å². The third-order valence-corrected chi connectivity index (χ3v) is 1.84. The second-order valence-corrected chi connectivity index (χ2v) is 2.40. The van der Waals surface area contributed by atoms with Crippen molar-refractivity contribution in [1.29, 1.82) is 0 Å². The second kappa shape index (κ2) is 1.22. The third kappa shape index (κ3) is 0.480. The predicted octanol–water partition coefficient (Wildman–Crippen LogP) is 1.14. The molecule has 3 fully saturated rings. The molecule has 0 N–H and O–H groups in total. The lowest BCUT2D eigenvalue weighted by molar-refractivity contribution is -0.0281. The summed E-state index contributed by atoms with van der Waals surface area (Å²) in [7, 11) is 0. The van der Waals surface area contributed by atoms with Gasteiger partial charge in [-0.25, -0.2) is 0 Å². The number of ether oxygens (including phenoxy) is 1. The van der Waals surface area contributed by atoms with E-state index in [-0.39, 0.29) is 0 Å². The van der Waals surface area contributed by atoms with Crippen LogP contribution in [0.1, 0.15) is 19.3 Å². The van der Waals surface area contributed by atoms with Crippen molar-refractivity contribution in [1.82, 2.24) is 0 Å². The summed E-state index contributed by atoms with van der Waals surface area (Å²) in [5, 5.41) is 0. The van der Waals surface area contributed by atoms with Crippen molar-refractivity contribution in [3.8, 4) is 0 Å². The summed E-state index contributed by atoms with van der Waals surface area (Å²) in [6.07, 6.45) is 4.44. The van der Waals surface area contributed by atoms with Gasteiger partial charge in [-0.1, -0.05) is 0 Å². The zero-order valence-corrected chi connectivity index (χ0v) is 4.31. The van der Waals surface area contributed by atoms with E-state index in [1.165, 1.54) is 19.3 Å². The van der Waals surface area contributed by atoms with Crippen LogP contribution in [0.25, 0.3) is 0 Å². The topological polar surface area (TPSA) is 9.23 Å². The average molecular weight is 97.1 g/mol. The standard InChI is InChI=1S/C6H9O/c1-2-7-6-3-5(1)4-6/h6H,1-4H2. The lowest BCUT2D eigenvalue weighted by Crippen LogP contribution is -2.36. The zero-order chi connectivity index (χ0) is 4.69. The molecule has 3 aliphatic rings. The largest absolute Gasteiger partial charge is 0.378 e. The van der Waals surface area contributed by atoms with E-state index in [2.05, 4.69) is 0 Å². The first-order valence-electron chi connectivity index (χ1n) is 2.90. The van der Waals surface area contributed by atoms with Crippen molar-refractivity contribution >= 4 is 0 Å². The predicted molar refractivity (Wildman–Crippen MR) is 26.8 cm³/mol. The van der Waals surface area contributed by atoms with Crippen LogP contribution in [0.5, 0.6) is 0 Å². The van der Waals surface area contributed by atoms with Gasteiger partial charge in [0, 0.05) is 6.61 Å². The molecule has 0 spiro atoms. The maximum Gasteiger partial charge on any atom is 0.0586 e. The molecule has 1 saturated carbocycles. The summed E-state index contributed by atoms with van der Waals surface area (Å²) < 4.78 is 5.32. The molecule has 0 aromatic rings. The van der Waals surface area contributed by atoms with Crippen LogP contribution in [-0.2, 0) is 4.74 Å². The molecular formula is C6H9O. The quantitative estimate of drug-likeness (QED) is 0.440. The van der Waals surface area contributed by atoms with Gasteiger partial charge in [0.2, 0.25) is 0 Å². The van der Waals surface area contributed by atoms with Gasteiger partial charge >= 0.3 is 0 Å². The van der Waals surface area contributed by atoms with E-state index >= 15 is 0 Å². The molecule has 2 aliphatic heterocycles. The van der Waals surface area contributed by atoms with Crippen molar-refractivity contribution in [3.63, 3.8) is 0 Å². The van der Waals surface area contributed by atoms with Crippen molar-refractivity contribution in [2.24, 2.45) is 0 Å². The van der Waals surface area contributed by atoms with E-state index in [9.17, 15) is 0 Å². The van der Waals surface area contributed by atoms with Crippen LogP contribution in [0, 0.1) is 5.92 Å². The van der Waals surface area contributed by atoms with Crippen molar-refractivity contribution in [2.45, 2.75) is 25.4 Å². The molecule has 1 radical (unpaired) electrons. The lowest BCUT2D eigenvalue weighted by Gasteiger charge is -2.39. The fraction of sp³-hybridized carbons (Fsp3) is 0.833. The van der Waals surface area contributed by atoms with Crippen LogP contribution in [-0.4, -0.2) is 12.7 Å². The van der Waals surface area contributed by atoms with Crippen LogP contribution in [0.3, 0.4) is 0 Å². The van der Waals surface area contributed by atoms with Crippen LogP contribution < -0.4 is 0 Å². The summed E-state index contributed by atoms with van der Waals surface area (Å²) in [5.74, 6) is 1.73. The van der Waals surface area contributed by atoms with E-state index in [4.69, 9.17) is 4.74 Å². The van der Waals surface area contributed by atoms with E-state index in [1.54, 1.807) is 5.92 Å². The molecule has 2 saturated heterocycles. The molecule has 1 aliphatic carbocycles. The van der Waals surface area contributed by atoms with E-state index in [0.717, 1.165) is 6.61 Å². The third-order valence-electron chi connectivity index (χ3n) is 1.84. The first kappa shape index (κ1) is 3.90. The van der Waals surface area contributed by atoms with Gasteiger partial charge < -0.3 is 4.74 Å². The normalized spacial score (nSPS) is 32.6. The molecule has 0 aromatic carbocycles. The Morgan fingerprint density at radius 1 is 1.43 bits per heavy atom. The molecule has 2 heterocycles. The highest BCUT2D eigenvalue weighted by Crippen LogP contribution is 2.38. The smallest absolute Gasteiger partial charge is 0.0586 e. The van der Waals surface area contributed by atoms with Crippen LogP contribution in [0.2, 0.25) is 0 Å². The first-order valence-corrected chi connectivity index (χ1v) is 2.90. The maximum absolute atomic E-state index is 5.32. The Hall–Kier alpha value is -0.0400. The van der Waals surface area contributed by atoms with Gasteiger partial charge in [0.25, 0.3) is 0 Å². The minimum atomic E-state index is 0.642. The maximum atomic E-state index is 5.32. The van der Waals surface area contributed by atoms with Crippen molar-refractivity contribution in [3.05, 3.63) is 5.92 Å². The van der Waals surface area contributed by atoms with Gasteiger partial charge in [-0.05, 0) is 25.2 Å². The summed E-state index contributed by atoms with van der Waals surface area (Å²) in [4.78, 5) is 0. The highest BCUT2D eigenvalue weighted by Gasteiger charge is 2.33. The van der Waals surface area contributed by atoms with Gasteiger partial charge in [-0.2, -0.15) is 0 Å². The second-order valence-electron chi connectivity index (χ2n) is 2.40. The minimum absolute atomic E-state index is 0.642. The van der Waals surface area contributed by atoms with Crippen LogP contribution in [0.4, 0.5) is 0 Å². The van der Waals surface area contributed by atoms with Gasteiger partial charge in [0.1, 0.15) is 0 Å². The van der Waals surface area contributed by atoms with E-state index < -0.39 is 0 Å². The minimum Gasteiger partial charge on any atom is -0.378 e. The Morgan fingerprint density at radius 3 is 2.43 bits per heavy atom.